The van der Waals surface area contributed by atoms with Gasteiger partial charge in [-0.1, -0.05) is 0 Å². The fourth-order valence-corrected chi connectivity index (χ4v) is 2.81. The Labute approximate surface area is 189 Å². The maximum Gasteiger partial charge on any atom is 0.326 e. The second-order valence-electron chi connectivity index (χ2n) is 7.46. The van der Waals surface area contributed by atoms with Crippen molar-refractivity contribution in [2.24, 2.45) is 11.5 Å². The Bertz CT molecular complexity index is 815. The molecule has 4 atom stereocenters. The van der Waals surface area contributed by atoms with Gasteiger partial charge < -0.3 is 42.6 Å². The van der Waals surface area contributed by atoms with E-state index in [9.17, 15) is 29.1 Å². The number of aliphatic carboxylic acids is 2. The Balaban J connectivity index is 2.85. The minimum atomic E-state index is -1.35. The smallest absolute Gasteiger partial charge is 0.326 e. The molecule has 33 heavy (non-hydrogen) atoms. The van der Waals surface area contributed by atoms with E-state index in [0.717, 1.165) is 0 Å². The summed E-state index contributed by atoms with van der Waals surface area (Å²) >= 11 is 0. The van der Waals surface area contributed by atoms with Gasteiger partial charge in [-0.25, -0.2) is 9.78 Å². The number of aromatic amines is 1. The van der Waals surface area contributed by atoms with Gasteiger partial charge in [-0.2, -0.15) is 0 Å². The van der Waals surface area contributed by atoms with Crippen LogP contribution >= 0.6 is 0 Å². The number of imidazole rings is 1. The molecule has 14 nitrogen and oxygen atoms in total. The number of nitrogens with zero attached hydrogens (tertiary/aromatic N) is 1. The maximum absolute atomic E-state index is 12.8. The minimum Gasteiger partial charge on any atom is -0.481 e. The number of carboxylic acid groups (broad SMARTS) is 2. The number of carbonyl (C=O) groups excluding carboxylic acids is 3. The molecular weight excluding hydrogens is 438 g/mol. The Kier molecular flexibility index (Phi) is 11.5. The summed E-state index contributed by atoms with van der Waals surface area (Å²) < 4.78 is 0. The van der Waals surface area contributed by atoms with Crippen LogP contribution in [0.15, 0.2) is 12.5 Å². The van der Waals surface area contributed by atoms with Crippen molar-refractivity contribution in [3.05, 3.63) is 18.2 Å². The molecule has 1 aromatic rings. The van der Waals surface area contributed by atoms with Crippen LogP contribution in [-0.4, -0.2) is 80.6 Å². The van der Waals surface area contributed by atoms with Gasteiger partial charge in [0, 0.05) is 18.3 Å². The summed E-state index contributed by atoms with van der Waals surface area (Å²) in [5.74, 6) is -4.83. The first-order chi connectivity index (χ1) is 15.5. The van der Waals surface area contributed by atoms with Crippen LogP contribution in [0.4, 0.5) is 0 Å². The van der Waals surface area contributed by atoms with E-state index >= 15 is 0 Å². The van der Waals surface area contributed by atoms with E-state index in [2.05, 4.69) is 25.9 Å². The second-order valence-corrected chi connectivity index (χ2v) is 7.46. The van der Waals surface area contributed by atoms with Gasteiger partial charge in [0.25, 0.3) is 0 Å². The van der Waals surface area contributed by atoms with Crippen LogP contribution in [-0.2, 0) is 30.4 Å². The number of carbonyl (C=O) groups is 5. The van der Waals surface area contributed by atoms with Crippen molar-refractivity contribution in [1.29, 1.82) is 0 Å². The molecule has 0 bridgehead atoms. The highest BCUT2D eigenvalue weighted by atomic mass is 16.4. The van der Waals surface area contributed by atoms with Crippen LogP contribution in [0.3, 0.4) is 0 Å². The van der Waals surface area contributed by atoms with Gasteiger partial charge in [0.1, 0.15) is 18.1 Å². The van der Waals surface area contributed by atoms with E-state index in [1.54, 1.807) is 0 Å². The van der Waals surface area contributed by atoms with Gasteiger partial charge in [-0.05, 0) is 32.7 Å². The quantitative estimate of drug-likeness (QED) is 0.125. The van der Waals surface area contributed by atoms with Gasteiger partial charge in [0.2, 0.25) is 17.7 Å². The summed E-state index contributed by atoms with van der Waals surface area (Å²) in [4.78, 5) is 66.2. The number of nitrogens with two attached hydrogens (primary N) is 2. The number of hydrogen-bond acceptors (Lipinski definition) is 8. The number of rotatable bonds is 15. The summed E-state index contributed by atoms with van der Waals surface area (Å²) in [5.41, 5.74) is 11.4. The van der Waals surface area contributed by atoms with Crippen molar-refractivity contribution in [3.8, 4) is 0 Å². The molecule has 1 aromatic heterocycles. The molecule has 10 N–H and O–H groups in total. The molecule has 1 heterocycles. The number of hydrogen-bond donors (Lipinski definition) is 8. The molecule has 0 aliphatic rings. The first-order valence-corrected chi connectivity index (χ1v) is 10.3. The monoisotopic (exact) mass is 469 g/mol. The van der Waals surface area contributed by atoms with E-state index in [1.165, 1.54) is 19.4 Å². The predicted octanol–water partition coefficient (Wildman–Crippen LogP) is -2.56. The molecule has 0 spiro atoms. The van der Waals surface area contributed by atoms with Crippen molar-refractivity contribution in [2.75, 3.05) is 6.54 Å². The van der Waals surface area contributed by atoms with Crippen LogP contribution in [0.5, 0.6) is 0 Å². The van der Waals surface area contributed by atoms with E-state index in [-0.39, 0.29) is 12.8 Å². The normalized spacial score (nSPS) is 14.4. The van der Waals surface area contributed by atoms with Crippen molar-refractivity contribution in [1.82, 2.24) is 25.9 Å². The molecule has 0 aliphatic heterocycles. The molecule has 0 radical (unpaired) electrons. The van der Waals surface area contributed by atoms with Gasteiger partial charge in [-0.15, -0.1) is 0 Å². The fourth-order valence-electron chi connectivity index (χ4n) is 2.81. The molecule has 1 rings (SSSR count). The minimum absolute atomic E-state index is 0.0219. The largest absolute Gasteiger partial charge is 0.481 e. The van der Waals surface area contributed by atoms with Crippen molar-refractivity contribution < 1.29 is 34.2 Å². The number of aromatic nitrogens is 2. The molecule has 0 aromatic carbocycles. The summed E-state index contributed by atoms with van der Waals surface area (Å²) in [6.45, 7) is 1.72. The second kappa shape index (κ2) is 13.8. The zero-order chi connectivity index (χ0) is 25.0. The third-order valence-corrected chi connectivity index (χ3v) is 4.66. The number of amides is 3. The topological polar surface area (TPSA) is 243 Å². The number of nitrogens with one attached hydrogen (secondary N) is 4. The first-order valence-electron chi connectivity index (χ1n) is 10.3. The van der Waals surface area contributed by atoms with Gasteiger partial charge >= 0.3 is 11.9 Å². The van der Waals surface area contributed by atoms with E-state index < -0.39 is 60.2 Å². The Morgan fingerprint density at radius 2 is 1.70 bits per heavy atom. The summed E-state index contributed by atoms with van der Waals surface area (Å²) in [5, 5.41) is 25.3. The highest BCUT2D eigenvalue weighted by molar-refractivity contribution is 5.94. The van der Waals surface area contributed by atoms with Crippen LogP contribution < -0.4 is 27.4 Å². The third kappa shape index (κ3) is 10.1. The average Bonchev–Trinajstić information content (AvgIpc) is 3.24. The van der Waals surface area contributed by atoms with Crippen molar-refractivity contribution >= 4 is 29.7 Å². The molecule has 0 saturated carbocycles. The van der Waals surface area contributed by atoms with E-state index in [0.29, 0.717) is 25.1 Å². The van der Waals surface area contributed by atoms with Gasteiger partial charge in [0.15, 0.2) is 0 Å². The zero-order valence-corrected chi connectivity index (χ0v) is 18.2. The first kappa shape index (κ1) is 27.5. The Hall–Kier alpha value is -3.52. The average molecular weight is 469 g/mol. The Morgan fingerprint density at radius 1 is 1.03 bits per heavy atom. The number of H-pyrrole nitrogens is 1. The van der Waals surface area contributed by atoms with Crippen LogP contribution in [0.1, 0.15) is 38.3 Å². The van der Waals surface area contributed by atoms with Crippen LogP contribution in [0.25, 0.3) is 0 Å². The molecule has 0 fully saturated rings. The summed E-state index contributed by atoms with van der Waals surface area (Å²) in [7, 11) is 0. The molecule has 184 valence electrons. The number of carboxylic acids is 2. The maximum atomic E-state index is 12.8. The lowest BCUT2D eigenvalue weighted by Crippen LogP contribution is -2.57. The lowest BCUT2D eigenvalue weighted by Gasteiger charge is -2.23. The Morgan fingerprint density at radius 3 is 2.24 bits per heavy atom. The van der Waals surface area contributed by atoms with Crippen LogP contribution in [0.2, 0.25) is 0 Å². The van der Waals surface area contributed by atoms with Gasteiger partial charge in [0.05, 0.1) is 18.8 Å². The number of unbranched alkanes of at least 4 members (excludes halogenated alkanes) is 1. The van der Waals surface area contributed by atoms with E-state index in [4.69, 9.17) is 16.6 Å². The van der Waals surface area contributed by atoms with Crippen LogP contribution in [0, 0.1) is 0 Å². The standard InChI is InChI=1S/C19H31N7O7/c1-10(24-17(30)12(21)7-15(27)28)16(29)26-14(6-11-8-22-9-23-11)18(31)25-13(19(32)33)4-2-3-5-20/h8-10,12-14H,2-7,20-21H2,1H3,(H,22,23)(H,24,30)(H,25,31)(H,26,29)(H,27,28)(H,32,33)/t10-,12+,13-,14+/m0/s1. The molecule has 14 heteroatoms. The van der Waals surface area contributed by atoms with E-state index in [1.807, 2.05) is 0 Å². The molecule has 0 unspecified atom stereocenters. The lowest BCUT2D eigenvalue weighted by atomic mass is 10.1. The van der Waals surface area contributed by atoms with Gasteiger partial charge in [-0.3, -0.25) is 19.2 Å². The highest BCUT2D eigenvalue weighted by Crippen LogP contribution is 2.05. The third-order valence-electron chi connectivity index (χ3n) is 4.66. The highest BCUT2D eigenvalue weighted by Gasteiger charge is 2.29. The van der Waals surface area contributed by atoms with Crippen molar-refractivity contribution in [3.63, 3.8) is 0 Å². The molecular formula is C19H31N7O7. The summed E-state index contributed by atoms with van der Waals surface area (Å²) in [6, 6.07) is -4.85. The fraction of sp³-hybridized carbons (Fsp3) is 0.579. The molecule has 3 amide bonds. The molecule has 0 saturated heterocycles. The lowest BCUT2D eigenvalue weighted by molar-refractivity contribution is -0.142. The predicted molar refractivity (Wildman–Crippen MR) is 115 cm³/mol. The molecule has 0 aliphatic carbocycles. The zero-order valence-electron chi connectivity index (χ0n) is 18.2. The summed E-state index contributed by atoms with van der Waals surface area (Å²) in [6.07, 6.45) is 3.43. The van der Waals surface area contributed by atoms with Crippen molar-refractivity contribution in [2.45, 2.75) is 63.2 Å². The SMILES string of the molecule is C[C@H](NC(=O)[C@H](N)CC(=O)O)C(=O)N[C@H](Cc1cnc[nH]1)C(=O)N[C@@H](CCCCN)C(=O)O.